The fourth-order valence-electron chi connectivity index (χ4n) is 1.77. The maximum atomic E-state index is 12.0. The largest absolute Gasteiger partial charge is 0.350 e. The number of carbonyl (C=O) groups is 1. The van der Waals surface area contributed by atoms with Gasteiger partial charge in [-0.05, 0) is 57.7 Å². The summed E-state index contributed by atoms with van der Waals surface area (Å²) in [6.07, 6.45) is 2.80. The molecule has 0 radical (unpaired) electrons. The molecule has 0 aliphatic heterocycles. The van der Waals surface area contributed by atoms with Crippen molar-refractivity contribution >= 4 is 33.2 Å². The number of carbonyl (C=O) groups excluding carboxylic acids is 1. The highest BCUT2D eigenvalue weighted by Crippen LogP contribution is 2.15. The predicted octanol–water partition coefficient (Wildman–Crippen LogP) is 3.30. The molecule has 0 aliphatic rings. The molecule has 1 N–H and O–H groups in total. The molecule has 0 saturated heterocycles. The highest BCUT2D eigenvalue weighted by Gasteiger charge is 2.11. The fraction of sp³-hybridized carbons (Fsp3) is 0.308. The van der Waals surface area contributed by atoms with Crippen LogP contribution < -0.4 is 5.32 Å². The smallest absolute Gasteiger partial charge is 0.267 e. The minimum absolute atomic E-state index is 0.0159. The van der Waals surface area contributed by atoms with Crippen molar-refractivity contribution in [1.29, 1.82) is 0 Å². The van der Waals surface area contributed by atoms with E-state index in [9.17, 15) is 4.79 Å². The first kappa shape index (κ1) is 13.4. The molecular weight excluding hydrogens is 312 g/mol. The Morgan fingerprint density at radius 2 is 2.39 bits per heavy atom. The van der Waals surface area contributed by atoms with Crippen LogP contribution in [0.1, 0.15) is 23.0 Å². The molecule has 0 atom stereocenters. The number of rotatable bonds is 5. The van der Waals surface area contributed by atoms with Crippen LogP contribution >= 0.6 is 27.3 Å². The molecule has 96 valence electrons. The van der Waals surface area contributed by atoms with Gasteiger partial charge < -0.3 is 9.88 Å². The maximum Gasteiger partial charge on any atom is 0.267 e. The third-order valence-electron chi connectivity index (χ3n) is 2.72. The molecular formula is C13H15BrN2OS. The lowest BCUT2D eigenvalue weighted by Gasteiger charge is -2.07. The fourth-order valence-corrected chi connectivity index (χ4v) is 2.94. The predicted molar refractivity (Wildman–Crippen MR) is 78.2 cm³/mol. The second-order valence-corrected chi connectivity index (χ2v) is 5.66. The van der Waals surface area contributed by atoms with E-state index in [4.69, 9.17) is 0 Å². The lowest BCUT2D eigenvalue weighted by atomic mass is 10.2. The molecule has 0 spiro atoms. The molecule has 0 aliphatic carbocycles. The van der Waals surface area contributed by atoms with E-state index in [1.54, 1.807) is 11.3 Å². The molecule has 2 rings (SSSR count). The summed E-state index contributed by atoms with van der Waals surface area (Å²) in [5.74, 6) is -0.0159. The summed E-state index contributed by atoms with van der Waals surface area (Å²) in [6.45, 7) is 3.48. The maximum absolute atomic E-state index is 12.0. The number of halogens is 1. The van der Waals surface area contributed by atoms with Gasteiger partial charge in [0.15, 0.2) is 0 Å². The van der Waals surface area contributed by atoms with E-state index in [1.807, 2.05) is 23.8 Å². The van der Waals surface area contributed by atoms with Crippen LogP contribution in [0.5, 0.6) is 0 Å². The number of aryl methyl sites for hydroxylation is 1. The van der Waals surface area contributed by atoms with E-state index in [0.717, 1.165) is 17.4 Å². The van der Waals surface area contributed by atoms with Gasteiger partial charge in [-0.15, -0.1) is 0 Å². The van der Waals surface area contributed by atoms with Gasteiger partial charge in [0, 0.05) is 23.8 Å². The molecule has 5 heteroatoms. The molecule has 2 aromatic heterocycles. The first-order chi connectivity index (χ1) is 8.70. The van der Waals surface area contributed by atoms with Gasteiger partial charge in [0.25, 0.3) is 5.91 Å². The van der Waals surface area contributed by atoms with Crippen LogP contribution in [0.4, 0.5) is 0 Å². The molecule has 0 aromatic carbocycles. The van der Waals surface area contributed by atoms with Crippen LogP contribution in [0.2, 0.25) is 0 Å². The lowest BCUT2D eigenvalue weighted by Crippen LogP contribution is -2.27. The van der Waals surface area contributed by atoms with Crippen LogP contribution in [0.25, 0.3) is 0 Å². The van der Waals surface area contributed by atoms with Crippen LogP contribution in [0.3, 0.4) is 0 Å². The Kier molecular flexibility index (Phi) is 4.60. The molecule has 0 fully saturated rings. The van der Waals surface area contributed by atoms with Crippen molar-refractivity contribution in [2.45, 2.75) is 19.9 Å². The van der Waals surface area contributed by atoms with Gasteiger partial charge in [-0.1, -0.05) is 0 Å². The minimum Gasteiger partial charge on any atom is -0.350 e. The Morgan fingerprint density at radius 3 is 3.06 bits per heavy atom. The van der Waals surface area contributed by atoms with Crippen molar-refractivity contribution in [1.82, 2.24) is 9.88 Å². The highest BCUT2D eigenvalue weighted by molar-refractivity contribution is 9.10. The third kappa shape index (κ3) is 3.23. The monoisotopic (exact) mass is 326 g/mol. The molecule has 1 amide bonds. The van der Waals surface area contributed by atoms with Crippen molar-refractivity contribution in [3.63, 3.8) is 0 Å². The van der Waals surface area contributed by atoms with Crippen LogP contribution in [0.15, 0.2) is 33.6 Å². The quantitative estimate of drug-likeness (QED) is 0.898. The van der Waals surface area contributed by atoms with Crippen molar-refractivity contribution < 1.29 is 4.79 Å². The first-order valence-electron chi connectivity index (χ1n) is 5.85. The Labute approximate surface area is 119 Å². The van der Waals surface area contributed by atoms with Gasteiger partial charge in [0.05, 0.1) is 0 Å². The number of hydrogen-bond donors (Lipinski definition) is 1. The zero-order chi connectivity index (χ0) is 13.0. The van der Waals surface area contributed by atoms with E-state index in [1.165, 1.54) is 5.56 Å². The summed E-state index contributed by atoms with van der Waals surface area (Å²) in [7, 11) is 0. The van der Waals surface area contributed by atoms with Crippen molar-refractivity contribution in [2.75, 3.05) is 6.54 Å². The van der Waals surface area contributed by atoms with Crippen LogP contribution in [-0.2, 0) is 13.0 Å². The average molecular weight is 327 g/mol. The summed E-state index contributed by atoms with van der Waals surface area (Å²) in [5.41, 5.74) is 1.97. The summed E-state index contributed by atoms with van der Waals surface area (Å²) in [6, 6.07) is 3.94. The van der Waals surface area contributed by atoms with Gasteiger partial charge in [-0.2, -0.15) is 11.3 Å². The second-order valence-electron chi connectivity index (χ2n) is 3.97. The Bertz CT molecular complexity index is 519. The number of nitrogens with one attached hydrogen (secondary N) is 1. The van der Waals surface area contributed by atoms with Crippen molar-refractivity contribution in [3.8, 4) is 0 Å². The van der Waals surface area contributed by atoms with E-state index in [-0.39, 0.29) is 5.91 Å². The molecule has 0 unspecified atom stereocenters. The molecule has 2 heterocycles. The van der Waals surface area contributed by atoms with E-state index >= 15 is 0 Å². The second kappa shape index (κ2) is 6.20. The first-order valence-corrected chi connectivity index (χ1v) is 7.59. The normalized spacial score (nSPS) is 10.6. The minimum atomic E-state index is -0.0159. The van der Waals surface area contributed by atoms with E-state index in [2.05, 4.69) is 38.1 Å². The number of hydrogen-bond acceptors (Lipinski definition) is 2. The van der Waals surface area contributed by atoms with Crippen molar-refractivity contribution in [2.24, 2.45) is 0 Å². The Morgan fingerprint density at radius 1 is 1.56 bits per heavy atom. The molecule has 0 bridgehead atoms. The summed E-state index contributed by atoms with van der Waals surface area (Å²) in [4.78, 5) is 12.0. The van der Waals surface area contributed by atoms with E-state index < -0.39 is 0 Å². The van der Waals surface area contributed by atoms with E-state index in [0.29, 0.717) is 12.2 Å². The Hall–Kier alpha value is -1.07. The lowest BCUT2D eigenvalue weighted by molar-refractivity contribution is 0.0945. The zero-order valence-electron chi connectivity index (χ0n) is 10.1. The van der Waals surface area contributed by atoms with Gasteiger partial charge in [-0.25, -0.2) is 0 Å². The van der Waals surface area contributed by atoms with Gasteiger partial charge in [0.1, 0.15) is 5.69 Å². The zero-order valence-corrected chi connectivity index (χ0v) is 12.6. The number of nitrogens with zero attached hydrogens (tertiary/aromatic N) is 1. The van der Waals surface area contributed by atoms with Gasteiger partial charge in [-0.3, -0.25) is 4.79 Å². The highest BCUT2D eigenvalue weighted by atomic mass is 79.9. The molecule has 3 nitrogen and oxygen atoms in total. The van der Waals surface area contributed by atoms with Crippen LogP contribution in [0, 0.1) is 0 Å². The standard InChI is InChI=1S/C13H15BrN2OS/c1-2-16-8-11(14)7-12(16)13(17)15-5-3-10-4-6-18-9-10/h4,6-9H,2-3,5H2,1H3,(H,15,17). The number of aromatic nitrogens is 1. The van der Waals surface area contributed by atoms with Crippen LogP contribution in [-0.4, -0.2) is 17.0 Å². The average Bonchev–Trinajstić information content (AvgIpc) is 2.98. The summed E-state index contributed by atoms with van der Waals surface area (Å²) in [5, 5.41) is 7.11. The summed E-state index contributed by atoms with van der Waals surface area (Å²) < 4.78 is 2.87. The SMILES string of the molecule is CCn1cc(Br)cc1C(=O)NCCc1ccsc1. The topological polar surface area (TPSA) is 34.0 Å². The van der Waals surface area contributed by atoms with Crippen molar-refractivity contribution in [3.05, 3.63) is 44.8 Å². The molecule has 2 aromatic rings. The Balaban J connectivity index is 1.91. The number of thiophene rings is 1. The van der Waals surface area contributed by atoms with Gasteiger partial charge >= 0.3 is 0 Å². The third-order valence-corrected chi connectivity index (χ3v) is 3.88. The van der Waals surface area contributed by atoms with Gasteiger partial charge in [0.2, 0.25) is 0 Å². The molecule has 18 heavy (non-hydrogen) atoms. The number of amides is 1. The summed E-state index contributed by atoms with van der Waals surface area (Å²) >= 11 is 5.07. The molecule has 0 saturated carbocycles.